The van der Waals surface area contributed by atoms with Crippen molar-refractivity contribution in [2.24, 2.45) is 0 Å². The Morgan fingerprint density at radius 2 is 1.85 bits per heavy atom. The Morgan fingerprint density at radius 3 is 2.52 bits per heavy atom. The lowest BCUT2D eigenvalue weighted by Crippen LogP contribution is -2.46. The lowest BCUT2D eigenvalue weighted by Gasteiger charge is -2.24. The third-order valence-electron chi connectivity index (χ3n) is 6.44. The minimum Gasteiger partial charge on any atom is -0.350 e. The van der Waals surface area contributed by atoms with Crippen LogP contribution in [0.5, 0.6) is 0 Å². The Morgan fingerprint density at radius 1 is 1.12 bits per heavy atom. The van der Waals surface area contributed by atoms with Crippen LogP contribution in [0.25, 0.3) is 10.9 Å². The fourth-order valence-electron chi connectivity index (χ4n) is 4.51. The predicted molar refractivity (Wildman–Crippen MR) is 135 cm³/mol. The maximum Gasteiger partial charge on any atom is 0.471 e. The van der Waals surface area contributed by atoms with E-state index >= 15 is 0 Å². The molecule has 0 bridgehead atoms. The first kappa shape index (κ1) is 29.0. The quantitative estimate of drug-likeness (QED) is 0.318. The highest BCUT2D eigenvalue weighted by atomic mass is 35.5. The molecule has 0 aliphatic carbocycles. The van der Waals surface area contributed by atoms with Crippen LogP contribution >= 0.6 is 11.6 Å². The van der Waals surface area contributed by atoms with Gasteiger partial charge in [-0.2, -0.15) is 13.2 Å². The van der Waals surface area contributed by atoms with E-state index in [0.717, 1.165) is 4.90 Å². The Kier molecular flexibility index (Phi) is 8.15. The Bertz CT molecular complexity index is 1510. The van der Waals surface area contributed by atoms with Crippen LogP contribution in [0.4, 0.5) is 27.6 Å². The lowest BCUT2D eigenvalue weighted by molar-refractivity contribution is -0.167. The summed E-state index contributed by atoms with van der Waals surface area (Å²) in [5, 5.41) is 4.37. The molecule has 14 heteroatoms. The molecule has 212 valence electrons. The van der Waals surface area contributed by atoms with E-state index in [0.29, 0.717) is 5.39 Å². The first-order valence-electron chi connectivity index (χ1n) is 11.9. The topological polar surface area (TPSA) is 101 Å². The number of benzene rings is 2. The van der Waals surface area contributed by atoms with Crippen molar-refractivity contribution < 1.29 is 41.1 Å². The van der Waals surface area contributed by atoms with Crippen molar-refractivity contribution in [1.82, 2.24) is 14.8 Å². The molecule has 0 saturated carbocycles. The fourth-order valence-corrected chi connectivity index (χ4v) is 4.71. The van der Waals surface area contributed by atoms with Crippen LogP contribution in [0.3, 0.4) is 0 Å². The van der Waals surface area contributed by atoms with Gasteiger partial charge in [0.1, 0.15) is 24.6 Å². The average molecular weight is 585 g/mol. The number of nitrogens with zero attached hydrogens (tertiary/aromatic N) is 2. The van der Waals surface area contributed by atoms with Gasteiger partial charge in [-0.25, -0.2) is 8.78 Å². The number of ketones is 1. The second-order valence-electron chi connectivity index (χ2n) is 9.24. The number of halogens is 6. The van der Waals surface area contributed by atoms with Crippen LogP contribution in [0, 0.1) is 5.82 Å². The fraction of sp³-hybridized carbons (Fsp3) is 0.308. The van der Waals surface area contributed by atoms with E-state index in [4.69, 9.17) is 11.6 Å². The molecule has 2 heterocycles. The van der Waals surface area contributed by atoms with Crippen LogP contribution in [-0.4, -0.2) is 57.9 Å². The van der Waals surface area contributed by atoms with Crippen LogP contribution in [-0.2, 0) is 27.5 Å². The number of carbonyl (C=O) groups excluding carboxylic acids is 4. The minimum atomic E-state index is -5.13. The van der Waals surface area contributed by atoms with Gasteiger partial charge in [0.25, 0.3) is 0 Å². The normalized spacial score (nSPS) is 17.2. The second-order valence-corrected chi connectivity index (χ2v) is 9.64. The summed E-state index contributed by atoms with van der Waals surface area (Å²) < 4.78 is 67.9. The average Bonchev–Trinajstić information content (AvgIpc) is 3.45. The number of amides is 3. The summed E-state index contributed by atoms with van der Waals surface area (Å²) in [4.78, 5) is 50.6. The summed E-state index contributed by atoms with van der Waals surface area (Å²) in [5.74, 6) is -4.74. The van der Waals surface area contributed by atoms with E-state index in [1.54, 1.807) is 5.32 Å². The third-order valence-corrected chi connectivity index (χ3v) is 6.73. The van der Waals surface area contributed by atoms with Crippen molar-refractivity contribution in [1.29, 1.82) is 0 Å². The second kappa shape index (κ2) is 11.2. The molecule has 0 unspecified atom stereocenters. The molecule has 1 aliphatic rings. The maximum absolute atomic E-state index is 14.4. The first-order chi connectivity index (χ1) is 18.8. The molecule has 1 saturated heterocycles. The molecule has 0 spiro atoms. The van der Waals surface area contributed by atoms with Crippen LogP contribution in [0.15, 0.2) is 42.6 Å². The molecule has 8 nitrogen and oxygen atoms in total. The monoisotopic (exact) mass is 584 g/mol. The van der Waals surface area contributed by atoms with E-state index in [9.17, 15) is 41.1 Å². The summed E-state index contributed by atoms with van der Waals surface area (Å²) in [6.07, 6.45) is -5.63. The molecule has 0 radical (unpaired) electrons. The number of Topliss-reactive ketones (excluding diaryl/α,β-unsaturated/α-hetero) is 1. The summed E-state index contributed by atoms with van der Waals surface area (Å²) >= 11 is 5.75. The largest absolute Gasteiger partial charge is 0.471 e. The summed E-state index contributed by atoms with van der Waals surface area (Å²) in [6, 6.07) is 6.71. The SMILES string of the molecule is CC(=O)c1cn(CC(=O)N2C[C@H](F)C[C@H]2C(=O)NCc2cccc(Cl)c2F)c2cc(NC(=O)C(F)(F)F)ccc12. The van der Waals surface area contributed by atoms with Gasteiger partial charge in [-0.15, -0.1) is 0 Å². The van der Waals surface area contributed by atoms with Crippen molar-refractivity contribution >= 4 is 51.7 Å². The summed E-state index contributed by atoms with van der Waals surface area (Å²) in [6.45, 7) is 0.128. The van der Waals surface area contributed by atoms with Crippen molar-refractivity contribution in [3.63, 3.8) is 0 Å². The number of fused-ring (bicyclic) bond motifs is 1. The standard InChI is InChI=1S/C26H22ClF5N4O4/c1-13(37)18-11-35(20-8-16(5-6-17(18)20)34-25(40)26(30,31)32)12-22(38)36-10-15(28)7-21(36)24(39)33-9-14-3-2-4-19(27)23(14)29/h2-6,8,11,15,21H,7,9-10,12H2,1H3,(H,33,39)(H,34,40)/t15-,21+/m1/s1. The van der Waals surface area contributed by atoms with Crippen LogP contribution in [0.1, 0.15) is 29.3 Å². The zero-order valence-electron chi connectivity index (χ0n) is 20.8. The van der Waals surface area contributed by atoms with Gasteiger partial charge >= 0.3 is 12.1 Å². The number of hydrogen-bond donors (Lipinski definition) is 2. The minimum absolute atomic E-state index is 0.0949. The molecule has 2 N–H and O–H groups in total. The van der Waals surface area contributed by atoms with Gasteiger partial charge in [0.05, 0.1) is 17.1 Å². The number of rotatable bonds is 7. The van der Waals surface area contributed by atoms with Gasteiger partial charge in [-0.05, 0) is 25.1 Å². The van der Waals surface area contributed by atoms with Crippen molar-refractivity contribution in [3.8, 4) is 0 Å². The lowest BCUT2D eigenvalue weighted by atomic mass is 10.1. The van der Waals surface area contributed by atoms with E-state index in [-0.39, 0.29) is 40.3 Å². The number of carbonyl (C=O) groups is 4. The van der Waals surface area contributed by atoms with Gasteiger partial charge in [0, 0.05) is 41.4 Å². The molecule has 1 aromatic heterocycles. The van der Waals surface area contributed by atoms with Crippen molar-refractivity contribution in [2.45, 2.75) is 44.8 Å². The maximum atomic E-state index is 14.4. The summed E-state index contributed by atoms with van der Waals surface area (Å²) in [5.41, 5.74) is 0.191. The van der Waals surface area contributed by atoms with Gasteiger partial charge in [-0.1, -0.05) is 29.8 Å². The highest BCUT2D eigenvalue weighted by molar-refractivity contribution is 6.30. The number of nitrogens with one attached hydrogen (secondary N) is 2. The Labute approximate surface area is 229 Å². The summed E-state index contributed by atoms with van der Waals surface area (Å²) in [7, 11) is 0. The van der Waals surface area contributed by atoms with Gasteiger partial charge in [0.2, 0.25) is 11.8 Å². The molecule has 4 rings (SSSR count). The molecule has 1 aliphatic heterocycles. The van der Waals surface area contributed by atoms with Gasteiger partial charge < -0.3 is 20.1 Å². The van der Waals surface area contributed by atoms with E-state index in [1.807, 2.05) is 0 Å². The van der Waals surface area contributed by atoms with Crippen molar-refractivity contribution in [2.75, 3.05) is 11.9 Å². The molecule has 3 amide bonds. The molecule has 40 heavy (non-hydrogen) atoms. The zero-order valence-corrected chi connectivity index (χ0v) is 21.6. The molecule has 2 aromatic carbocycles. The highest BCUT2D eigenvalue weighted by Crippen LogP contribution is 2.28. The van der Waals surface area contributed by atoms with Gasteiger partial charge in [-0.3, -0.25) is 19.2 Å². The molecule has 1 fully saturated rings. The third kappa shape index (κ3) is 6.09. The van der Waals surface area contributed by atoms with Gasteiger partial charge in [0.15, 0.2) is 5.78 Å². The number of aromatic nitrogens is 1. The predicted octanol–water partition coefficient (Wildman–Crippen LogP) is 4.39. The first-order valence-corrected chi connectivity index (χ1v) is 12.3. The van der Waals surface area contributed by atoms with Crippen molar-refractivity contribution in [3.05, 3.63) is 64.6 Å². The molecule has 3 aromatic rings. The molecular weight excluding hydrogens is 563 g/mol. The van der Waals surface area contributed by atoms with E-state index in [1.165, 1.54) is 54.1 Å². The Hall–Kier alpha value is -4.00. The number of likely N-dealkylation sites (tertiary alicyclic amines) is 1. The molecule has 2 atom stereocenters. The zero-order chi connectivity index (χ0) is 29.4. The Balaban J connectivity index is 1.55. The van der Waals surface area contributed by atoms with Crippen LogP contribution < -0.4 is 10.6 Å². The number of alkyl halides is 4. The molecular formula is C26H22ClF5N4O4. The smallest absolute Gasteiger partial charge is 0.350 e. The highest BCUT2D eigenvalue weighted by Gasteiger charge is 2.40. The number of hydrogen-bond acceptors (Lipinski definition) is 4. The van der Waals surface area contributed by atoms with Crippen LogP contribution in [0.2, 0.25) is 5.02 Å². The van der Waals surface area contributed by atoms with E-state index < -0.39 is 60.8 Å². The van der Waals surface area contributed by atoms with E-state index in [2.05, 4.69) is 5.32 Å². The number of anilines is 1.